The highest BCUT2D eigenvalue weighted by molar-refractivity contribution is 5.96. The number of nitrogens with zero attached hydrogens (tertiary/aromatic N) is 2. The largest absolute Gasteiger partial charge is 0.490 e. The number of carbonyl (C=O) groups is 3. The molecule has 0 fully saturated rings. The number of aliphatic imine (C=N–C) groups is 1. The quantitative estimate of drug-likeness (QED) is 0.190. The first-order valence-corrected chi connectivity index (χ1v) is 9.95. The second kappa shape index (κ2) is 13.4. The molecule has 0 bridgehead atoms. The van der Waals surface area contributed by atoms with Gasteiger partial charge in [-0.2, -0.15) is 13.2 Å². The first-order valence-electron chi connectivity index (χ1n) is 9.95. The molecule has 1 aromatic heterocycles. The monoisotopic (exact) mass is 499 g/mol. The van der Waals surface area contributed by atoms with Crippen LogP contribution in [0.3, 0.4) is 0 Å². The van der Waals surface area contributed by atoms with E-state index in [1.54, 1.807) is 12.3 Å². The highest BCUT2D eigenvalue weighted by Gasteiger charge is 2.38. The molecule has 0 unspecified atom stereocenters. The van der Waals surface area contributed by atoms with Crippen LogP contribution in [-0.4, -0.2) is 57.3 Å². The van der Waals surface area contributed by atoms with Gasteiger partial charge in [-0.1, -0.05) is 30.3 Å². The zero-order chi connectivity index (χ0) is 26.6. The minimum atomic E-state index is -5.08. The second-order valence-corrected chi connectivity index (χ2v) is 6.96. The average Bonchev–Trinajstić information content (AvgIpc) is 2.77. The predicted octanol–water partition coefficient (Wildman–Crippen LogP) is 0.767. The van der Waals surface area contributed by atoms with E-state index in [9.17, 15) is 32.7 Å². The Morgan fingerprint density at radius 1 is 1.06 bits per heavy atom. The lowest BCUT2D eigenvalue weighted by atomic mass is 10.1. The summed E-state index contributed by atoms with van der Waals surface area (Å²) in [4.78, 5) is 49.2. The van der Waals surface area contributed by atoms with E-state index in [-0.39, 0.29) is 24.5 Å². The third-order valence-electron chi connectivity index (χ3n) is 4.25. The molecule has 14 heteroatoms. The number of rotatable bonds is 9. The molecule has 0 saturated heterocycles. The van der Waals surface area contributed by atoms with Crippen molar-refractivity contribution in [3.63, 3.8) is 0 Å². The fraction of sp³-hybridized carbons (Fsp3) is 0.286. The van der Waals surface area contributed by atoms with Gasteiger partial charge in [0.1, 0.15) is 11.6 Å². The van der Waals surface area contributed by atoms with Crippen molar-refractivity contribution >= 4 is 23.8 Å². The van der Waals surface area contributed by atoms with E-state index in [0.29, 0.717) is 13.0 Å². The van der Waals surface area contributed by atoms with E-state index in [0.717, 1.165) is 5.56 Å². The highest BCUT2D eigenvalue weighted by Crippen LogP contribution is 2.13. The third-order valence-corrected chi connectivity index (χ3v) is 4.25. The Labute approximate surface area is 196 Å². The van der Waals surface area contributed by atoms with E-state index >= 15 is 0 Å². The Bertz CT molecular complexity index is 1100. The molecule has 1 heterocycles. The second-order valence-electron chi connectivity index (χ2n) is 6.96. The molecular formula is C21H24F3N5O6. The summed E-state index contributed by atoms with van der Waals surface area (Å²) >= 11 is 0. The van der Waals surface area contributed by atoms with Gasteiger partial charge in [0.25, 0.3) is 11.5 Å². The summed E-state index contributed by atoms with van der Waals surface area (Å²) in [6.45, 7) is 0.554. The fourth-order valence-electron chi connectivity index (χ4n) is 2.61. The minimum Gasteiger partial charge on any atom is -0.480 e. The van der Waals surface area contributed by atoms with Crippen LogP contribution in [0.2, 0.25) is 0 Å². The van der Waals surface area contributed by atoms with Gasteiger partial charge in [-0.3, -0.25) is 14.6 Å². The number of carboxylic acid groups (broad SMARTS) is 2. The third kappa shape index (κ3) is 10.4. The van der Waals surface area contributed by atoms with E-state index in [1.165, 1.54) is 10.6 Å². The van der Waals surface area contributed by atoms with Gasteiger partial charge in [0.2, 0.25) is 0 Å². The molecule has 0 aliphatic heterocycles. The minimum absolute atomic E-state index is 0.0841. The lowest BCUT2D eigenvalue weighted by Gasteiger charge is -2.14. The number of nitrogens with one attached hydrogen (secondary N) is 1. The molecule has 0 radical (unpaired) electrons. The number of hydrogen-bond donors (Lipinski definition) is 5. The zero-order valence-corrected chi connectivity index (χ0v) is 18.2. The fourth-order valence-corrected chi connectivity index (χ4v) is 2.61. The summed E-state index contributed by atoms with van der Waals surface area (Å²) in [6.07, 6.45) is -3.01. The summed E-state index contributed by atoms with van der Waals surface area (Å²) in [5, 5.41) is 18.8. The molecule has 11 nitrogen and oxygen atoms in total. The number of pyridine rings is 1. The topological polar surface area (TPSA) is 190 Å². The van der Waals surface area contributed by atoms with Gasteiger partial charge < -0.3 is 31.6 Å². The molecule has 2 rings (SSSR count). The number of aromatic nitrogens is 1. The Kier molecular flexibility index (Phi) is 11.0. The van der Waals surface area contributed by atoms with Gasteiger partial charge in [0.15, 0.2) is 5.96 Å². The van der Waals surface area contributed by atoms with Gasteiger partial charge in [-0.05, 0) is 30.5 Å². The maximum absolute atomic E-state index is 12.6. The van der Waals surface area contributed by atoms with Crippen molar-refractivity contribution in [2.45, 2.75) is 31.6 Å². The Balaban J connectivity index is 0.000000762. The number of nitrogens with two attached hydrogens (primary N) is 2. The summed E-state index contributed by atoms with van der Waals surface area (Å²) in [5.74, 6) is -4.77. The van der Waals surface area contributed by atoms with Crippen LogP contribution in [-0.2, 0) is 16.1 Å². The van der Waals surface area contributed by atoms with Crippen LogP contribution < -0.4 is 22.3 Å². The number of carboxylic acids is 2. The number of alkyl halides is 3. The van der Waals surface area contributed by atoms with Gasteiger partial charge in [0.05, 0.1) is 6.54 Å². The number of hydrogen-bond acceptors (Lipinski definition) is 5. The summed E-state index contributed by atoms with van der Waals surface area (Å²) in [6, 6.07) is 11.1. The smallest absolute Gasteiger partial charge is 0.480 e. The lowest BCUT2D eigenvalue weighted by molar-refractivity contribution is -0.192. The number of carbonyl (C=O) groups excluding carboxylic acids is 1. The molecule has 1 atom stereocenters. The van der Waals surface area contributed by atoms with Crippen LogP contribution >= 0.6 is 0 Å². The number of halogens is 3. The van der Waals surface area contributed by atoms with Crippen LogP contribution in [0.15, 0.2) is 58.4 Å². The molecule has 1 amide bonds. The number of aliphatic carboxylic acids is 2. The van der Waals surface area contributed by atoms with Crippen LogP contribution in [0.5, 0.6) is 0 Å². The zero-order valence-electron chi connectivity index (χ0n) is 18.2. The highest BCUT2D eigenvalue weighted by atomic mass is 19.4. The van der Waals surface area contributed by atoms with E-state index < -0.39 is 35.6 Å². The molecule has 7 N–H and O–H groups in total. The average molecular weight is 499 g/mol. The summed E-state index contributed by atoms with van der Waals surface area (Å²) < 4.78 is 33.1. The summed E-state index contributed by atoms with van der Waals surface area (Å²) in [5.41, 5.74) is 10.7. The standard InChI is InChI=1S/C19H23N5O4.C2HF3O2/c20-19(21)22-10-4-9-15(18(27)28)23-16(25)14-8-5-11-24(17(14)26)12-13-6-2-1-3-7-13;3-2(4,5)1(6)7/h1-3,5-8,11,15H,4,9-10,12H2,(H,23,25)(H,27,28)(H4,20,21,22);(H,6,7)/t15-;/m0./s1. The maximum Gasteiger partial charge on any atom is 0.490 e. The van der Waals surface area contributed by atoms with Crippen molar-refractivity contribution < 1.29 is 37.8 Å². The lowest BCUT2D eigenvalue weighted by Crippen LogP contribution is -2.43. The van der Waals surface area contributed by atoms with Gasteiger partial charge in [0, 0.05) is 12.7 Å². The van der Waals surface area contributed by atoms with Gasteiger partial charge in [-0.25, -0.2) is 9.59 Å². The van der Waals surface area contributed by atoms with E-state index in [2.05, 4.69) is 10.3 Å². The van der Waals surface area contributed by atoms with E-state index in [4.69, 9.17) is 21.4 Å². The number of benzene rings is 1. The van der Waals surface area contributed by atoms with Crippen molar-refractivity contribution in [3.8, 4) is 0 Å². The van der Waals surface area contributed by atoms with Crippen LogP contribution in [0.25, 0.3) is 0 Å². The molecular weight excluding hydrogens is 475 g/mol. The van der Waals surface area contributed by atoms with Crippen molar-refractivity contribution in [2.24, 2.45) is 16.5 Å². The number of amides is 1. The van der Waals surface area contributed by atoms with Crippen molar-refractivity contribution in [3.05, 3.63) is 70.1 Å². The first kappa shape index (κ1) is 28.7. The molecule has 190 valence electrons. The number of guanidine groups is 1. The first-order chi connectivity index (χ1) is 16.3. The Hall–Kier alpha value is -4.36. The van der Waals surface area contributed by atoms with Crippen molar-refractivity contribution in [1.29, 1.82) is 0 Å². The summed E-state index contributed by atoms with van der Waals surface area (Å²) in [7, 11) is 0. The molecule has 0 saturated carbocycles. The van der Waals surface area contributed by atoms with Crippen LogP contribution in [0.1, 0.15) is 28.8 Å². The van der Waals surface area contributed by atoms with Gasteiger partial charge in [-0.15, -0.1) is 0 Å². The normalized spacial score (nSPS) is 11.4. The molecule has 0 aliphatic rings. The predicted molar refractivity (Wildman–Crippen MR) is 119 cm³/mol. The molecule has 2 aromatic rings. The molecule has 0 spiro atoms. The van der Waals surface area contributed by atoms with Crippen LogP contribution in [0, 0.1) is 0 Å². The van der Waals surface area contributed by atoms with E-state index in [1.807, 2.05) is 30.3 Å². The molecule has 1 aromatic carbocycles. The molecule has 0 aliphatic carbocycles. The Morgan fingerprint density at radius 3 is 2.17 bits per heavy atom. The Morgan fingerprint density at radius 2 is 1.66 bits per heavy atom. The van der Waals surface area contributed by atoms with Crippen LogP contribution in [0.4, 0.5) is 13.2 Å². The van der Waals surface area contributed by atoms with Gasteiger partial charge >= 0.3 is 18.1 Å². The SMILES string of the molecule is NC(N)=NCCC[C@H](NC(=O)c1cccn(Cc2ccccc2)c1=O)C(=O)O.O=C(O)C(F)(F)F. The van der Waals surface area contributed by atoms with Crippen molar-refractivity contribution in [1.82, 2.24) is 9.88 Å². The molecule has 35 heavy (non-hydrogen) atoms. The maximum atomic E-state index is 12.6. The van der Waals surface area contributed by atoms with Crippen molar-refractivity contribution in [2.75, 3.05) is 6.54 Å².